The van der Waals surface area contributed by atoms with Crippen LogP contribution in [0.25, 0.3) is 11.0 Å². The number of furan rings is 1. The van der Waals surface area contributed by atoms with Crippen LogP contribution in [0.3, 0.4) is 0 Å². The number of rotatable bonds is 4. The summed E-state index contributed by atoms with van der Waals surface area (Å²) < 4.78 is 5.78. The molecule has 19 heavy (non-hydrogen) atoms. The smallest absolute Gasteiger partial charge is 0.134 e. The molecule has 0 aliphatic rings. The van der Waals surface area contributed by atoms with Crippen molar-refractivity contribution in [1.82, 2.24) is 5.32 Å². The second kappa shape index (κ2) is 5.19. The van der Waals surface area contributed by atoms with E-state index < -0.39 is 0 Å². The molecule has 2 nitrogen and oxygen atoms in total. The van der Waals surface area contributed by atoms with Gasteiger partial charge in [-0.3, -0.25) is 0 Å². The fourth-order valence-corrected chi connectivity index (χ4v) is 3.09. The Morgan fingerprint density at radius 2 is 2.05 bits per heavy atom. The average molecular weight is 271 g/mol. The number of thiophene rings is 1. The summed E-state index contributed by atoms with van der Waals surface area (Å²) in [5, 5.41) is 6.90. The second-order valence-corrected chi connectivity index (χ2v) is 5.73. The molecule has 1 unspecified atom stereocenters. The summed E-state index contributed by atoms with van der Waals surface area (Å²) in [6.45, 7) is 5.07. The van der Waals surface area contributed by atoms with Crippen molar-refractivity contribution in [2.45, 2.75) is 26.4 Å². The largest absolute Gasteiger partial charge is 0.461 e. The zero-order valence-corrected chi connectivity index (χ0v) is 12.0. The Bertz CT molecular complexity index is 669. The maximum absolute atomic E-state index is 5.78. The van der Waals surface area contributed by atoms with E-state index in [9.17, 15) is 0 Å². The van der Waals surface area contributed by atoms with E-state index in [1.165, 1.54) is 15.8 Å². The van der Waals surface area contributed by atoms with E-state index in [0.29, 0.717) is 6.04 Å². The Balaban J connectivity index is 1.80. The van der Waals surface area contributed by atoms with Crippen LogP contribution in [-0.2, 0) is 6.54 Å². The van der Waals surface area contributed by atoms with Gasteiger partial charge in [-0.15, -0.1) is 11.3 Å². The quantitative estimate of drug-likeness (QED) is 0.747. The topological polar surface area (TPSA) is 25.2 Å². The molecule has 0 spiro atoms. The molecule has 0 radical (unpaired) electrons. The third-order valence-electron chi connectivity index (χ3n) is 3.46. The normalized spacial score (nSPS) is 12.9. The zero-order chi connectivity index (χ0) is 13.2. The average Bonchev–Trinajstić information content (AvgIpc) is 3.03. The minimum absolute atomic E-state index is 0.369. The first-order chi connectivity index (χ1) is 9.25. The van der Waals surface area contributed by atoms with E-state index in [-0.39, 0.29) is 0 Å². The van der Waals surface area contributed by atoms with Crippen LogP contribution in [0.15, 0.2) is 46.2 Å². The summed E-state index contributed by atoms with van der Waals surface area (Å²) in [7, 11) is 0. The molecule has 0 amide bonds. The summed E-state index contributed by atoms with van der Waals surface area (Å²) in [6.07, 6.45) is 0. The van der Waals surface area contributed by atoms with Crippen molar-refractivity contribution in [1.29, 1.82) is 0 Å². The molecule has 0 aliphatic heterocycles. The van der Waals surface area contributed by atoms with Gasteiger partial charge in [0, 0.05) is 28.4 Å². The first kappa shape index (κ1) is 12.5. The predicted octanol–water partition coefficient (Wildman–Crippen LogP) is 4.65. The molecule has 2 heterocycles. The lowest BCUT2D eigenvalue weighted by Gasteiger charge is -2.11. The fourth-order valence-electron chi connectivity index (χ4n) is 2.33. The molecule has 1 atom stereocenters. The molecule has 1 N–H and O–H groups in total. The number of benzene rings is 1. The number of para-hydroxylation sites is 1. The van der Waals surface area contributed by atoms with Gasteiger partial charge >= 0.3 is 0 Å². The second-order valence-electron chi connectivity index (χ2n) is 4.75. The van der Waals surface area contributed by atoms with E-state index in [0.717, 1.165) is 17.9 Å². The predicted molar refractivity (Wildman–Crippen MR) is 80.5 cm³/mol. The summed E-state index contributed by atoms with van der Waals surface area (Å²) >= 11 is 1.79. The van der Waals surface area contributed by atoms with Gasteiger partial charge in [0.2, 0.25) is 0 Å². The first-order valence-corrected chi connectivity index (χ1v) is 7.37. The van der Waals surface area contributed by atoms with Gasteiger partial charge in [-0.25, -0.2) is 0 Å². The highest BCUT2D eigenvalue weighted by atomic mass is 32.1. The van der Waals surface area contributed by atoms with Crippen molar-refractivity contribution in [3.63, 3.8) is 0 Å². The summed E-state index contributed by atoms with van der Waals surface area (Å²) in [5.41, 5.74) is 2.24. The van der Waals surface area contributed by atoms with Gasteiger partial charge in [0.15, 0.2) is 0 Å². The van der Waals surface area contributed by atoms with Crippen LogP contribution in [0, 0.1) is 6.92 Å². The van der Waals surface area contributed by atoms with E-state index in [1.54, 1.807) is 11.3 Å². The van der Waals surface area contributed by atoms with Gasteiger partial charge in [0.1, 0.15) is 11.3 Å². The molecule has 3 heteroatoms. The first-order valence-electron chi connectivity index (χ1n) is 6.49. The molecular weight excluding hydrogens is 254 g/mol. The maximum Gasteiger partial charge on any atom is 0.134 e. The van der Waals surface area contributed by atoms with Gasteiger partial charge in [-0.05, 0) is 31.4 Å². The van der Waals surface area contributed by atoms with Crippen molar-refractivity contribution < 1.29 is 4.42 Å². The molecule has 98 valence electrons. The summed E-state index contributed by atoms with van der Waals surface area (Å²) in [4.78, 5) is 1.37. The van der Waals surface area contributed by atoms with Crippen LogP contribution in [0.1, 0.15) is 29.2 Å². The van der Waals surface area contributed by atoms with Crippen LogP contribution in [0.5, 0.6) is 0 Å². The van der Waals surface area contributed by atoms with Gasteiger partial charge in [0.05, 0.1) is 0 Å². The van der Waals surface area contributed by atoms with Crippen molar-refractivity contribution >= 4 is 22.3 Å². The lowest BCUT2D eigenvalue weighted by molar-refractivity contribution is 0.547. The minimum atomic E-state index is 0.369. The number of hydrogen-bond donors (Lipinski definition) is 1. The molecule has 1 aromatic carbocycles. The standard InChI is InChI=1S/C16H17NOS/c1-11(16-8-5-9-19-16)17-10-14-12(2)18-15-7-4-3-6-13(14)15/h3-9,11,17H,10H2,1-2H3. The van der Waals surface area contributed by atoms with Crippen LogP contribution < -0.4 is 5.32 Å². The molecule has 0 fully saturated rings. The van der Waals surface area contributed by atoms with Crippen LogP contribution in [0.4, 0.5) is 0 Å². The SMILES string of the molecule is Cc1oc2ccccc2c1CNC(C)c1cccs1. The molecule has 0 saturated carbocycles. The highest BCUT2D eigenvalue weighted by Gasteiger charge is 2.12. The summed E-state index contributed by atoms with van der Waals surface area (Å²) in [6, 6.07) is 12.8. The Labute approximate surface area is 117 Å². The van der Waals surface area contributed by atoms with Crippen LogP contribution >= 0.6 is 11.3 Å². The van der Waals surface area contributed by atoms with Crippen molar-refractivity contribution in [2.24, 2.45) is 0 Å². The third kappa shape index (κ3) is 2.44. The monoisotopic (exact) mass is 271 g/mol. The van der Waals surface area contributed by atoms with Crippen molar-refractivity contribution in [3.8, 4) is 0 Å². The van der Waals surface area contributed by atoms with Crippen LogP contribution in [-0.4, -0.2) is 0 Å². The lowest BCUT2D eigenvalue weighted by Crippen LogP contribution is -2.17. The van der Waals surface area contributed by atoms with E-state index in [1.807, 2.05) is 19.1 Å². The highest BCUT2D eigenvalue weighted by molar-refractivity contribution is 7.10. The van der Waals surface area contributed by atoms with Crippen molar-refractivity contribution in [2.75, 3.05) is 0 Å². The third-order valence-corrected chi connectivity index (χ3v) is 4.51. The van der Waals surface area contributed by atoms with Gasteiger partial charge < -0.3 is 9.73 Å². The molecule has 0 bridgehead atoms. The van der Waals surface area contributed by atoms with Crippen molar-refractivity contribution in [3.05, 3.63) is 58.0 Å². The molecule has 3 aromatic rings. The lowest BCUT2D eigenvalue weighted by atomic mass is 10.1. The Morgan fingerprint density at radius 3 is 2.84 bits per heavy atom. The number of fused-ring (bicyclic) bond motifs is 1. The van der Waals surface area contributed by atoms with Gasteiger partial charge in [0.25, 0.3) is 0 Å². The molecule has 0 aliphatic carbocycles. The fraction of sp³-hybridized carbons (Fsp3) is 0.250. The zero-order valence-electron chi connectivity index (χ0n) is 11.1. The van der Waals surface area contributed by atoms with Gasteiger partial charge in [-0.2, -0.15) is 0 Å². The maximum atomic E-state index is 5.78. The number of nitrogens with one attached hydrogen (secondary N) is 1. The number of aryl methyl sites for hydroxylation is 1. The summed E-state index contributed by atoms with van der Waals surface area (Å²) in [5.74, 6) is 1.01. The number of hydrogen-bond acceptors (Lipinski definition) is 3. The Morgan fingerprint density at radius 1 is 1.21 bits per heavy atom. The van der Waals surface area contributed by atoms with Gasteiger partial charge in [-0.1, -0.05) is 24.3 Å². The Hall–Kier alpha value is -1.58. The van der Waals surface area contributed by atoms with E-state index in [2.05, 4.69) is 41.9 Å². The molecule has 3 rings (SSSR count). The molecule has 0 saturated heterocycles. The minimum Gasteiger partial charge on any atom is -0.461 e. The Kier molecular flexibility index (Phi) is 3.40. The van der Waals surface area contributed by atoms with E-state index in [4.69, 9.17) is 4.42 Å². The molecular formula is C16H17NOS. The highest BCUT2D eigenvalue weighted by Crippen LogP contribution is 2.26. The van der Waals surface area contributed by atoms with Crippen LogP contribution in [0.2, 0.25) is 0 Å². The molecule has 2 aromatic heterocycles. The van der Waals surface area contributed by atoms with E-state index >= 15 is 0 Å².